The summed E-state index contributed by atoms with van der Waals surface area (Å²) in [5.74, 6) is 0.394. The highest BCUT2D eigenvalue weighted by atomic mass is 16.6. The predicted octanol–water partition coefficient (Wildman–Crippen LogP) is 4.56. The van der Waals surface area contributed by atoms with Gasteiger partial charge in [-0.25, -0.2) is 4.79 Å². The lowest BCUT2D eigenvalue weighted by atomic mass is 10.1. The summed E-state index contributed by atoms with van der Waals surface area (Å²) in [4.78, 5) is 26.1. The third-order valence-electron chi connectivity index (χ3n) is 4.44. The van der Waals surface area contributed by atoms with Crippen LogP contribution in [0.25, 0.3) is 0 Å². The van der Waals surface area contributed by atoms with Crippen LogP contribution in [0.3, 0.4) is 0 Å². The van der Waals surface area contributed by atoms with Crippen LogP contribution in [0.2, 0.25) is 0 Å². The van der Waals surface area contributed by atoms with Gasteiger partial charge in [-0.2, -0.15) is 0 Å². The molecule has 0 saturated heterocycles. The zero-order valence-electron chi connectivity index (χ0n) is 16.7. The lowest BCUT2D eigenvalue weighted by Crippen LogP contribution is -2.26. The molecule has 0 atom stereocenters. The maximum absolute atomic E-state index is 12.6. The monoisotopic (exact) mass is 389 g/mol. The molecule has 0 aliphatic rings. The molecule has 0 N–H and O–H groups in total. The number of carbonyl (C=O) groups excluding carboxylic acids is 2. The molecule has 3 aromatic rings. The van der Waals surface area contributed by atoms with Crippen LogP contribution in [0.1, 0.15) is 21.5 Å². The van der Waals surface area contributed by atoms with Crippen LogP contribution in [-0.2, 0) is 4.79 Å². The van der Waals surface area contributed by atoms with Gasteiger partial charge in [-0.1, -0.05) is 35.4 Å². The van der Waals surface area contributed by atoms with Gasteiger partial charge in [0.05, 0.1) is 0 Å². The molecule has 0 heterocycles. The first-order chi connectivity index (χ1) is 13.9. The first kappa shape index (κ1) is 20.1. The fraction of sp³-hybridized carbons (Fsp3) is 0.167. The van der Waals surface area contributed by atoms with Crippen LogP contribution in [0.5, 0.6) is 11.5 Å². The average molecular weight is 389 g/mol. The Hall–Kier alpha value is -3.60. The Kier molecular flexibility index (Phi) is 6.29. The lowest BCUT2D eigenvalue weighted by Gasteiger charge is -2.18. The third kappa shape index (κ3) is 5.45. The Morgan fingerprint density at radius 1 is 0.759 bits per heavy atom. The van der Waals surface area contributed by atoms with E-state index in [2.05, 4.69) is 0 Å². The molecule has 0 radical (unpaired) electrons. The van der Waals surface area contributed by atoms with E-state index in [9.17, 15) is 9.59 Å². The zero-order chi connectivity index (χ0) is 20.8. The predicted molar refractivity (Wildman–Crippen MR) is 113 cm³/mol. The molecule has 0 spiro atoms. The van der Waals surface area contributed by atoms with Crippen molar-refractivity contribution in [3.05, 3.63) is 89.5 Å². The van der Waals surface area contributed by atoms with E-state index in [1.807, 2.05) is 38.1 Å². The summed E-state index contributed by atoms with van der Waals surface area (Å²) >= 11 is 0. The topological polar surface area (TPSA) is 55.8 Å². The summed E-state index contributed by atoms with van der Waals surface area (Å²) in [6.07, 6.45) is 0. The van der Waals surface area contributed by atoms with E-state index in [1.54, 1.807) is 60.5 Å². The molecule has 0 unspecified atom stereocenters. The SMILES string of the molecule is Cc1ccc(OCC(=O)Oc2ccc(N(C)C(=O)c3ccc(C)cc3)cc2)cc1. The number of aryl methyl sites for hydroxylation is 2. The van der Waals surface area contributed by atoms with Crippen molar-refractivity contribution in [2.24, 2.45) is 0 Å². The Morgan fingerprint density at radius 2 is 1.28 bits per heavy atom. The molecular formula is C24H23NO4. The number of rotatable bonds is 6. The van der Waals surface area contributed by atoms with E-state index in [1.165, 1.54) is 0 Å². The number of esters is 1. The number of amides is 1. The fourth-order valence-electron chi connectivity index (χ4n) is 2.68. The number of anilines is 1. The number of nitrogens with zero attached hydrogens (tertiary/aromatic N) is 1. The number of benzene rings is 3. The van der Waals surface area contributed by atoms with Crippen LogP contribution in [0.15, 0.2) is 72.8 Å². The van der Waals surface area contributed by atoms with E-state index in [4.69, 9.17) is 9.47 Å². The Balaban J connectivity index is 1.56. The second kappa shape index (κ2) is 9.06. The van der Waals surface area contributed by atoms with E-state index < -0.39 is 5.97 Å². The van der Waals surface area contributed by atoms with Crippen molar-refractivity contribution in [2.45, 2.75) is 13.8 Å². The van der Waals surface area contributed by atoms with Crippen molar-refractivity contribution in [1.82, 2.24) is 0 Å². The first-order valence-electron chi connectivity index (χ1n) is 9.27. The second-order valence-corrected chi connectivity index (χ2v) is 6.80. The summed E-state index contributed by atoms with van der Waals surface area (Å²) < 4.78 is 10.7. The minimum atomic E-state index is -0.498. The summed E-state index contributed by atoms with van der Waals surface area (Å²) in [7, 11) is 1.71. The molecule has 0 bridgehead atoms. The van der Waals surface area contributed by atoms with E-state index in [0.717, 1.165) is 11.1 Å². The van der Waals surface area contributed by atoms with Gasteiger partial charge < -0.3 is 14.4 Å². The Labute approximate surface area is 170 Å². The van der Waals surface area contributed by atoms with Crippen molar-refractivity contribution < 1.29 is 19.1 Å². The zero-order valence-corrected chi connectivity index (χ0v) is 16.7. The molecule has 0 fully saturated rings. The van der Waals surface area contributed by atoms with Crippen molar-refractivity contribution in [3.63, 3.8) is 0 Å². The minimum Gasteiger partial charge on any atom is -0.482 e. The van der Waals surface area contributed by atoms with Crippen molar-refractivity contribution in [3.8, 4) is 11.5 Å². The molecule has 0 saturated carbocycles. The highest BCUT2D eigenvalue weighted by Crippen LogP contribution is 2.21. The van der Waals surface area contributed by atoms with E-state index in [-0.39, 0.29) is 12.5 Å². The van der Waals surface area contributed by atoms with Gasteiger partial charge in [0, 0.05) is 18.3 Å². The van der Waals surface area contributed by atoms with E-state index >= 15 is 0 Å². The maximum Gasteiger partial charge on any atom is 0.349 e. The third-order valence-corrected chi connectivity index (χ3v) is 4.44. The molecule has 29 heavy (non-hydrogen) atoms. The van der Waals surface area contributed by atoms with Gasteiger partial charge in [-0.05, 0) is 62.4 Å². The summed E-state index contributed by atoms with van der Waals surface area (Å²) in [5.41, 5.74) is 3.53. The van der Waals surface area contributed by atoms with Gasteiger partial charge in [-0.3, -0.25) is 4.79 Å². The molecule has 5 heteroatoms. The highest BCUT2D eigenvalue weighted by molar-refractivity contribution is 6.05. The van der Waals surface area contributed by atoms with Crippen molar-refractivity contribution in [2.75, 3.05) is 18.6 Å². The lowest BCUT2D eigenvalue weighted by molar-refractivity contribution is -0.136. The molecule has 148 valence electrons. The van der Waals surface area contributed by atoms with Gasteiger partial charge in [0.15, 0.2) is 6.61 Å². The largest absolute Gasteiger partial charge is 0.482 e. The number of hydrogen-bond acceptors (Lipinski definition) is 4. The average Bonchev–Trinajstić information content (AvgIpc) is 2.73. The van der Waals surface area contributed by atoms with Crippen LogP contribution in [0.4, 0.5) is 5.69 Å². The minimum absolute atomic E-state index is 0.110. The Morgan fingerprint density at radius 3 is 1.86 bits per heavy atom. The first-order valence-corrected chi connectivity index (χ1v) is 9.27. The Bertz CT molecular complexity index is 977. The molecule has 5 nitrogen and oxygen atoms in total. The molecule has 0 aliphatic carbocycles. The van der Waals surface area contributed by atoms with Gasteiger partial charge in [-0.15, -0.1) is 0 Å². The molecule has 0 aromatic heterocycles. The second-order valence-electron chi connectivity index (χ2n) is 6.80. The maximum atomic E-state index is 12.6. The normalized spacial score (nSPS) is 10.3. The number of hydrogen-bond donors (Lipinski definition) is 0. The van der Waals surface area contributed by atoms with Gasteiger partial charge in [0.25, 0.3) is 5.91 Å². The molecule has 3 rings (SSSR count). The molecule has 0 aliphatic heterocycles. The van der Waals surface area contributed by atoms with Crippen LogP contribution < -0.4 is 14.4 Å². The standard InChI is InChI=1S/C24H23NO4/c1-17-4-8-19(9-5-17)24(27)25(3)20-10-14-22(15-11-20)29-23(26)16-28-21-12-6-18(2)7-13-21/h4-15H,16H2,1-3H3. The molecule has 3 aromatic carbocycles. The van der Waals surface area contributed by atoms with Crippen molar-refractivity contribution >= 4 is 17.6 Å². The van der Waals surface area contributed by atoms with Gasteiger partial charge >= 0.3 is 5.97 Å². The molecular weight excluding hydrogens is 366 g/mol. The molecule has 1 amide bonds. The number of carbonyl (C=O) groups is 2. The summed E-state index contributed by atoms with van der Waals surface area (Å²) in [6.45, 7) is 3.77. The van der Waals surface area contributed by atoms with Crippen LogP contribution in [0, 0.1) is 13.8 Å². The smallest absolute Gasteiger partial charge is 0.349 e. The van der Waals surface area contributed by atoms with E-state index in [0.29, 0.717) is 22.7 Å². The number of ether oxygens (including phenoxy) is 2. The summed E-state index contributed by atoms with van der Waals surface area (Å²) in [5, 5.41) is 0. The van der Waals surface area contributed by atoms with Crippen LogP contribution >= 0.6 is 0 Å². The van der Waals surface area contributed by atoms with Gasteiger partial charge in [0.2, 0.25) is 0 Å². The fourth-order valence-corrected chi connectivity index (χ4v) is 2.68. The van der Waals surface area contributed by atoms with Gasteiger partial charge in [0.1, 0.15) is 11.5 Å². The summed E-state index contributed by atoms with van der Waals surface area (Å²) in [6, 6.07) is 21.6. The van der Waals surface area contributed by atoms with Crippen molar-refractivity contribution in [1.29, 1.82) is 0 Å². The highest BCUT2D eigenvalue weighted by Gasteiger charge is 2.14. The quantitative estimate of drug-likeness (QED) is 0.458. The van der Waals surface area contributed by atoms with Crippen LogP contribution in [-0.4, -0.2) is 25.5 Å².